The van der Waals surface area contributed by atoms with Gasteiger partial charge in [0.15, 0.2) is 0 Å². The summed E-state index contributed by atoms with van der Waals surface area (Å²) in [6.45, 7) is 4.49. The number of nitrogens with one attached hydrogen (secondary N) is 1. The molecule has 1 heterocycles. The summed E-state index contributed by atoms with van der Waals surface area (Å²) in [6, 6.07) is 7.90. The summed E-state index contributed by atoms with van der Waals surface area (Å²) in [5, 5.41) is 4.86. The molecule has 0 bridgehead atoms. The molecular formula is C16H20N2O2S. The van der Waals surface area contributed by atoms with Crippen LogP contribution in [0.4, 0.5) is 0 Å². The van der Waals surface area contributed by atoms with Gasteiger partial charge in [0.2, 0.25) is 5.91 Å². The summed E-state index contributed by atoms with van der Waals surface area (Å²) < 4.78 is 5.74. The molecule has 1 N–H and O–H groups in total. The number of hydrogen-bond donors (Lipinski definition) is 1. The molecule has 1 aromatic carbocycles. The molecule has 0 spiro atoms. The van der Waals surface area contributed by atoms with Gasteiger partial charge in [-0.2, -0.15) is 0 Å². The maximum atomic E-state index is 11.7. The molecule has 0 unspecified atom stereocenters. The van der Waals surface area contributed by atoms with Crippen molar-refractivity contribution in [1.29, 1.82) is 0 Å². The number of aromatic nitrogens is 1. The van der Waals surface area contributed by atoms with E-state index in [0.29, 0.717) is 19.4 Å². The van der Waals surface area contributed by atoms with Crippen molar-refractivity contribution in [2.24, 2.45) is 0 Å². The fourth-order valence-corrected chi connectivity index (χ4v) is 2.43. The van der Waals surface area contributed by atoms with E-state index in [2.05, 4.69) is 10.3 Å². The fraction of sp³-hybridized carbons (Fsp3) is 0.375. The third kappa shape index (κ3) is 5.55. The number of carbonyl (C=O) groups excluding carboxylic acids is 1. The average Bonchev–Trinajstić information content (AvgIpc) is 2.99. The number of aryl methyl sites for hydroxylation is 2. The minimum absolute atomic E-state index is 0.0300. The molecular weight excluding hydrogens is 284 g/mol. The Hall–Kier alpha value is -1.88. The van der Waals surface area contributed by atoms with Crippen LogP contribution in [0.25, 0.3) is 0 Å². The molecule has 0 saturated carbocycles. The van der Waals surface area contributed by atoms with E-state index in [9.17, 15) is 4.79 Å². The van der Waals surface area contributed by atoms with E-state index >= 15 is 0 Å². The molecule has 112 valence electrons. The second kappa shape index (κ2) is 7.78. The number of nitrogens with zero attached hydrogens (tertiary/aromatic N) is 1. The Labute approximate surface area is 129 Å². The van der Waals surface area contributed by atoms with Crippen LogP contribution in [0.1, 0.15) is 24.6 Å². The van der Waals surface area contributed by atoms with E-state index in [1.807, 2.05) is 43.5 Å². The molecule has 0 saturated heterocycles. The molecule has 4 nitrogen and oxygen atoms in total. The Bertz CT molecular complexity index is 552. The van der Waals surface area contributed by atoms with Gasteiger partial charge in [-0.1, -0.05) is 17.7 Å². The number of ether oxygens (including phenoxy) is 1. The van der Waals surface area contributed by atoms with E-state index < -0.39 is 0 Å². The minimum atomic E-state index is -0.0593. The highest BCUT2D eigenvalue weighted by Gasteiger charge is 2.08. The monoisotopic (exact) mass is 304 g/mol. The Morgan fingerprint density at radius 3 is 2.81 bits per heavy atom. The van der Waals surface area contributed by atoms with Gasteiger partial charge in [-0.25, -0.2) is 4.98 Å². The van der Waals surface area contributed by atoms with E-state index in [0.717, 1.165) is 11.4 Å². The van der Waals surface area contributed by atoms with Gasteiger partial charge in [-0.05, 0) is 32.4 Å². The largest absolute Gasteiger partial charge is 0.489 e. The van der Waals surface area contributed by atoms with Crippen LogP contribution < -0.4 is 10.1 Å². The standard InChI is InChI=1S/C16H20N2O2S/c1-12-3-6-15(7-4-12)20-13(2)9-17-16(19)8-5-14-10-21-11-18-14/h3-4,6-7,10-11,13H,5,8-9H2,1-2H3,(H,17,19)/t13-/m0/s1. The van der Waals surface area contributed by atoms with Crippen molar-refractivity contribution in [2.75, 3.05) is 6.54 Å². The summed E-state index contributed by atoms with van der Waals surface area (Å²) in [4.78, 5) is 15.9. The molecule has 0 aliphatic carbocycles. The molecule has 1 aromatic heterocycles. The van der Waals surface area contributed by atoms with Crippen LogP contribution in [0.5, 0.6) is 5.75 Å². The summed E-state index contributed by atoms with van der Waals surface area (Å²) in [6.07, 6.45) is 1.08. The van der Waals surface area contributed by atoms with Crippen molar-refractivity contribution >= 4 is 17.2 Å². The summed E-state index contributed by atoms with van der Waals surface area (Å²) >= 11 is 1.55. The van der Waals surface area contributed by atoms with E-state index in [-0.39, 0.29) is 12.0 Å². The molecule has 2 aromatic rings. The Balaban J connectivity index is 1.67. The second-order valence-corrected chi connectivity index (χ2v) is 5.74. The fourth-order valence-electron chi connectivity index (χ4n) is 1.84. The van der Waals surface area contributed by atoms with Crippen LogP contribution in [0.2, 0.25) is 0 Å². The lowest BCUT2D eigenvalue weighted by atomic mass is 10.2. The van der Waals surface area contributed by atoms with Crippen LogP contribution in [-0.4, -0.2) is 23.5 Å². The molecule has 1 atom stereocenters. The van der Waals surface area contributed by atoms with Gasteiger partial charge in [0, 0.05) is 11.8 Å². The Morgan fingerprint density at radius 2 is 2.14 bits per heavy atom. The average molecular weight is 304 g/mol. The van der Waals surface area contributed by atoms with Crippen molar-refractivity contribution < 1.29 is 9.53 Å². The van der Waals surface area contributed by atoms with Crippen molar-refractivity contribution in [3.05, 3.63) is 46.4 Å². The molecule has 21 heavy (non-hydrogen) atoms. The summed E-state index contributed by atoms with van der Waals surface area (Å²) in [5.41, 5.74) is 3.95. The lowest BCUT2D eigenvalue weighted by molar-refractivity contribution is -0.121. The molecule has 1 amide bonds. The first-order valence-corrected chi connectivity index (χ1v) is 7.95. The van der Waals surface area contributed by atoms with E-state index in [4.69, 9.17) is 4.74 Å². The first-order valence-electron chi connectivity index (χ1n) is 7.00. The Kier molecular flexibility index (Phi) is 5.75. The third-order valence-corrected chi connectivity index (χ3v) is 3.67. The maximum absolute atomic E-state index is 11.7. The van der Waals surface area contributed by atoms with Gasteiger partial charge < -0.3 is 10.1 Å². The number of hydrogen-bond acceptors (Lipinski definition) is 4. The van der Waals surface area contributed by atoms with Crippen molar-refractivity contribution in [3.8, 4) is 5.75 Å². The number of rotatable bonds is 7. The lowest BCUT2D eigenvalue weighted by Crippen LogP contribution is -2.33. The molecule has 0 aliphatic heterocycles. The van der Waals surface area contributed by atoms with Crippen LogP contribution in [0.3, 0.4) is 0 Å². The van der Waals surface area contributed by atoms with E-state index in [1.54, 1.807) is 16.8 Å². The summed E-state index contributed by atoms with van der Waals surface area (Å²) in [7, 11) is 0. The van der Waals surface area contributed by atoms with E-state index in [1.165, 1.54) is 5.56 Å². The summed E-state index contributed by atoms with van der Waals surface area (Å²) in [5.74, 6) is 0.854. The third-order valence-electron chi connectivity index (χ3n) is 3.04. The maximum Gasteiger partial charge on any atom is 0.220 e. The topological polar surface area (TPSA) is 51.2 Å². The predicted molar refractivity (Wildman–Crippen MR) is 84.7 cm³/mol. The van der Waals surface area contributed by atoms with Crippen LogP contribution >= 0.6 is 11.3 Å². The van der Waals surface area contributed by atoms with Gasteiger partial charge in [0.05, 0.1) is 17.7 Å². The smallest absolute Gasteiger partial charge is 0.220 e. The number of carbonyl (C=O) groups is 1. The predicted octanol–water partition coefficient (Wildman–Crippen LogP) is 2.97. The lowest BCUT2D eigenvalue weighted by Gasteiger charge is -2.15. The van der Waals surface area contributed by atoms with Crippen molar-refractivity contribution in [2.45, 2.75) is 32.8 Å². The van der Waals surface area contributed by atoms with Crippen molar-refractivity contribution in [3.63, 3.8) is 0 Å². The highest BCUT2D eigenvalue weighted by molar-refractivity contribution is 7.07. The van der Waals surface area contributed by atoms with Gasteiger partial charge in [-0.15, -0.1) is 11.3 Å². The van der Waals surface area contributed by atoms with Gasteiger partial charge in [0.1, 0.15) is 11.9 Å². The number of amides is 1. The molecule has 0 aliphatic rings. The minimum Gasteiger partial charge on any atom is -0.489 e. The Morgan fingerprint density at radius 1 is 1.38 bits per heavy atom. The first-order chi connectivity index (χ1) is 10.1. The van der Waals surface area contributed by atoms with Gasteiger partial charge >= 0.3 is 0 Å². The zero-order chi connectivity index (χ0) is 15.1. The van der Waals surface area contributed by atoms with Crippen LogP contribution in [-0.2, 0) is 11.2 Å². The number of thiazole rings is 1. The van der Waals surface area contributed by atoms with Gasteiger partial charge in [0.25, 0.3) is 0 Å². The molecule has 0 radical (unpaired) electrons. The van der Waals surface area contributed by atoms with Crippen LogP contribution in [0, 0.1) is 6.92 Å². The molecule has 0 fully saturated rings. The number of benzene rings is 1. The highest BCUT2D eigenvalue weighted by atomic mass is 32.1. The quantitative estimate of drug-likeness (QED) is 0.855. The first kappa shape index (κ1) is 15.5. The molecule has 5 heteroatoms. The van der Waals surface area contributed by atoms with Crippen molar-refractivity contribution in [1.82, 2.24) is 10.3 Å². The second-order valence-electron chi connectivity index (χ2n) is 5.03. The zero-order valence-corrected chi connectivity index (χ0v) is 13.2. The molecule has 2 rings (SSSR count). The highest BCUT2D eigenvalue weighted by Crippen LogP contribution is 2.13. The SMILES string of the molecule is Cc1ccc(O[C@@H](C)CNC(=O)CCc2cscn2)cc1. The van der Waals surface area contributed by atoms with Gasteiger partial charge in [-0.3, -0.25) is 4.79 Å². The van der Waals surface area contributed by atoms with Crippen LogP contribution in [0.15, 0.2) is 35.2 Å². The zero-order valence-electron chi connectivity index (χ0n) is 12.3. The normalized spacial score (nSPS) is 11.9.